The molecule has 1 aliphatic rings. The van der Waals surface area contributed by atoms with Crippen molar-refractivity contribution in [2.75, 3.05) is 18.4 Å². The number of halogens is 2. The van der Waals surface area contributed by atoms with Gasteiger partial charge < -0.3 is 14.8 Å². The summed E-state index contributed by atoms with van der Waals surface area (Å²) in [6.45, 7) is 1.06. The molecule has 5 rings (SSSR count). The normalized spacial score (nSPS) is 14.0. The van der Waals surface area contributed by atoms with E-state index >= 15 is 0 Å². The first kappa shape index (κ1) is 25.8. The summed E-state index contributed by atoms with van der Waals surface area (Å²) in [6, 6.07) is 19.6. The number of nitrogens with zero attached hydrogens (tertiary/aromatic N) is 3. The number of para-hydroxylation sites is 2. The highest BCUT2D eigenvalue weighted by Crippen LogP contribution is 2.29. The minimum atomic E-state index is -0.400. The van der Waals surface area contributed by atoms with Crippen LogP contribution in [0.5, 0.6) is 0 Å². The molecule has 1 aliphatic heterocycles. The molecule has 1 saturated heterocycles. The zero-order valence-corrected chi connectivity index (χ0v) is 22.4. The number of rotatable bonds is 5. The molecule has 2 heterocycles. The Balaban J connectivity index is 1.19. The van der Waals surface area contributed by atoms with Crippen LogP contribution in [0.2, 0.25) is 0 Å². The maximum absolute atomic E-state index is 13.7. The van der Waals surface area contributed by atoms with E-state index < -0.39 is 11.4 Å². The number of hydrogen-bond acceptors (Lipinski definition) is 4. The van der Waals surface area contributed by atoms with Crippen LogP contribution in [0.25, 0.3) is 11.0 Å². The van der Waals surface area contributed by atoms with Crippen molar-refractivity contribution < 1.29 is 14.0 Å². The van der Waals surface area contributed by atoms with Crippen molar-refractivity contribution in [3.8, 4) is 0 Å². The highest BCUT2D eigenvalue weighted by Gasteiger charge is 2.27. The molecular weight excluding hydrogens is 551 g/mol. The van der Waals surface area contributed by atoms with Gasteiger partial charge in [0, 0.05) is 25.8 Å². The van der Waals surface area contributed by atoms with Gasteiger partial charge in [-0.3, -0.25) is 14.4 Å². The van der Waals surface area contributed by atoms with Crippen LogP contribution in [0.15, 0.2) is 76.0 Å². The number of nitrogens with one attached hydrogen (secondary N) is 1. The monoisotopic (exact) mass is 576 g/mol. The molecule has 3 aromatic carbocycles. The smallest absolute Gasteiger partial charge is 0.282 e. The number of carbonyl (C=O) groups is 2. The van der Waals surface area contributed by atoms with Crippen molar-refractivity contribution in [1.82, 2.24) is 14.5 Å². The second kappa shape index (κ2) is 10.9. The van der Waals surface area contributed by atoms with Gasteiger partial charge in [0.2, 0.25) is 5.91 Å². The summed E-state index contributed by atoms with van der Waals surface area (Å²) < 4.78 is 15.5. The Bertz CT molecular complexity index is 1580. The third-order valence-corrected chi connectivity index (χ3v) is 7.62. The predicted molar refractivity (Wildman–Crippen MR) is 148 cm³/mol. The first-order valence-electron chi connectivity index (χ1n) is 12.4. The van der Waals surface area contributed by atoms with E-state index in [9.17, 15) is 18.8 Å². The fourth-order valence-corrected chi connectivity index (χ4v) is 5.11. The van der Waals surface area contributed by atoms with Gasteiger partial charge in [0.05, 0.1) is 21.9 Å². The summed E-state index contributed by atoms with van der Waals surface area (Å²) in [7, 11) is 1.65. The number of anilines is 1. The number of carbonyl (C=O) groups excluding carboxylic acids is 2. The fraction of sp³-hybridized carbons (Fsp3) is 0.241. The Morgan fingerprint density at radius 3 is 2.47 bits per heavy atom. The zero-order valence-electron chi connectivity index (χ0n) is 20.8. The van der Waals surface area contributed by atoms with Crippen molar-refractivity contribution in [1.29, 1.82) is 0 Å². The second-order valence-electron chi connectivity index (χ2n) is 9.48. The predicted octanol–water partition coefficient (Wildman–Crippen LogP) is 5.04. The number of benzene rings is 3. The quantitative estimate of drug-likeness (QED) is 0.361. The molecule has 1 N–H and O–H groups in total. The standard InChI is InChI=1S/C29H26BrFN4O3/c1-34-25-5-3-2-4-24(25)33-27(28(34)37)29(38)35-14-12-20(13-15-35)19-7-9-21(10-8-19)32-26(36)17-18-6-11-22(30)23(31)16-18/h2-11,16,20H,12-15,17H2,1H3,(H,32,36). The van der Waals surface area contributed by atoms with Crippen molar-refractivity contribution >= 4 is 44.5 Å². The number of piperidine rings is 1. The lowest BCUT2D eigenvalue weighted by Crippen LogP contribution is -2.41. The van der Waals surface area contributed by atoms with Crippen LogP contribution >= 0.6 is 15.9 Å². The third-order valence-electron chi connectivity index (χ3n) is 6.98. The number of amides is 2. The highest BCUT2D eigenvalue weighted by molar-refractivity contribution is 9.10. The third kappa shape index (κ3) is 5.38. The van der Waals surface area contributed by atoms with E-state index in [0.29, 0.717) is 39.8 Å². The molecule has 38 heavy (non-hydrogen) atoms. The SMILES string of the molecule is Cn1c(=O)c(C(=O)N2CCC(c3ccc(NC(=O)Cc4ccc(Br)c(F)c4)cc3)CC2)nc2ccccc21. The summed E-state index contributed by atoms with van der Waals surface area (Å²) >= 11 is 3.11. The molecule has 194 valence electrons. The van der Waals surface area contributed by atoms with Gasteiger partial charge in [-0.2, -0.15) is 0 Å². The Morgan fingerprint density at radius 2 is 1.76 bits per heavy atom. The molecule has 0 atom stereocenters. The Morgan fingerprint density at radius 1 is 1.05 bits per heavy atom. The van der Waals surface area contributed by atoms with Gasteiger partial charge in [-0.25, -0.2) is 9.37 Å². The summed E-state index contributed by atoms with van der Waals surface area (Å²) in [5, 5.41) is 2.85. The summed E-state index contributed by atoms with van der Waals surface area (Å²) in [5.74, 6) is -0.691. The number of aromatic nitrogens is 2. The van der Waals surface area contributed by atoms with Crippen LogP contribution in [0.4, 0.5) is 10.1 Å². The van der Waals surface area contributed by atoms with Crippen LogP contribution in [0.3, 0.4) is 0 Å². The van der Waals surface area contributed by atoms with Crippen LogP contribution < -0.4 is 10.9 Å². The molecular formula is C29H26BrFN4O3. The van der Waals surface area contributed by atoms with E-state index in [1.54, 1.807) is 30.1 Å². The van der Waals surface area contributed by atoms with E-state index in [1.165, 1.54) is 10.6 Å². The molecule has 4 aromatic rings. The molecule has 0 saturated carbocycles. The fourth-order valence-electron chi connectivity index (χ4n) is 4.86. The van der Waals surface area contributed by atoms with E-state index in [1.807, 2.05) is 42.5 Å². The second-order valence-corrected chi connectivity index (χ2v) is 10.3. The number of hydrogen-bond donors (Lipinski definition) is 1. The molecule has 1 fully saturated rings. The van der Waals surface area contributed by atoms with Gasteiger partial charge in [-0.05, 0) is 82.2 Å². The summed E-state index contributed by atoms with van der Waals surface area (Å²) in [6.07, 6.45) is 1.61. The van der Waals surface area contributed by atoms with Gasteiger partial charge >= 0.3 is 0 Å². The summed E-state index contributed by atoms with van der Waals surface area (Å²) in [4.78, 5) is 44.4. The number of likely N-dealkylation sites (tertiary alicyclic amines) is 1. The Kier molecular flexibility index (Phi) is 7.37. The van der Waals surface area contributed by atoms with E-state index in [-0.39, 0.29) is 29.8 Å². The molecule has 7 nitrogen and oxygen atoms in total. The molecule has 0 bridgehead atoms. The lowest BCUT2D eigenvalue weighted by atomic mass is 9.89. The van der Waals surface area contributed by atoms with Crippen LogP contribution in [-0.4, -0.2) is 39.4 Å². The van der Waals surface area contributed by atoms with Crippen molar-refractivity contribution in [2.24, 2.45) is 7.05 Å². The van der Waals surface area contributed by atoms with Crippen molar-refractivity contribution in [3.63, 3.8) is 0 Å². The molecule has 0 aliphatic carbocycles. The maximum Gasteiger partial charge on any atom is 0.282 e. The zero-order chi connectivity index (χ0) is 26.8. The molecule has 0 spiro atoms. The topological polar surface area (TPSA) is 84.3 Å². The van der Waals surface area contributed by atoms with Crippen LogP contribution in [0, 0.1) is 5.82 Å². The molecule has 2 amide bonds. The van der Waals surface area contributed by atoms with Gasteiger partial charge in [0.1, 0.15) is 5.82 Å². The first-order valence-corrected chi connectivity index (χ1v) is 13.2. The van der Waals surface area contributed by atoms with E-state index in [4.69, 9.17) is 0 Å². The lowest BCUT2D eigenvalue weighted by Gasteiger charge is -2.32. The minimum Gasteiger partial charge on any atom is -0.337 e. The van der Waals surface area contributed by atoms with Gasteiger partial charge in [0.15, 0.2) is 5.69 Å². The van der Waals surface area contributed by atoms with Crippen molar-refractivity contribution in [3.05, 3.63) is 104 Å². The van der Waals surface area contributed by atoms with Crippen molar-refractivity contribution in [2.45, 2.75) is 25.2 Å². The minimum absolute atomic E-state index is 0.0457. The number of aryl methyl sites for hydroxylation is 1. The first-order chi connectivity index (χ1) is 18.3. The molecule has 0 unspecified atom stereocenters. The number of fused-ring (bicyclic) bond motifs is 1. The molecule has 1 aromatic heterocycles. The molecule has 0 radical (unpaired) electrons. The van der Waals surface area contributed by atoms with E-state index in [0.717, 1.165) is 18.4 Å². The lowest BCUT2D eigenvalue weighted by molar-refractivity contribution is -0.115. The Hall–Kier alpha value is -3.85. The van der Waals surface area contributed by atoms with Gasteiger partial charge in [-0.1, -0.05) is 30.3 Å². The largest absolute Gasteiger partial charge is 0.337 e. The average molecular weight is 577 g/mol. The van der Waals surface area contributed by atoms with Crippen LogP contribution in [-0.2, 0) is 18.3 Å². The van der Waals surface area contributed by atoms with E-state index in [2.05, 4.69) is 26.2 Å². The van der Waals surface area contributed by atoms with Gasteiger partial charge in [-0.15, -0.1) is 0 Å². The highest BCUT2D eigenvalue weighted by atomic mass is 79.9. The molecule has 9 heteroatoms. The van der Waals surface area contributed by atoms with Gasteiger partial charge in [0.25, 0.3) is 11.5 Å². The van der Waals surface area contributed by atoms with Crippen LogP contribution in [0.1, 0.15) is 40.4 Å². The Labute approximate surface area is 227 Å². The average Bonchev–Trinajstić information content (AvgIpc) is 2.93. The summed E-state index contributed by atoms with van der Waals surface area (Å²) in [5.41, 5.74) is 3.26. The maximum atomic E-state index is 13.7.